The number of hydrogen-bond acceptors (Lipinski definition) is 5. The molecule has 14 heavy (non-hydrogen) atoms. The van der Waals surface area contributed by atoms with Crippen LogP contribution in [0.3, 0.4) is 0 Å². The monoisotopic (exact) mass is 231 g/mol. The van der Waals surface area contributed by atoms with Crippen LogP contribution < -0.4 is 5.73 Å². The maximum absolute atomic E-state index is 5.50. The Morgan fingerprint density at radius 1 is 1.43 bits per heavy atom. The summed E-state index contributed by atoms with van der Waals surface area (Å²) >= 11 is 1.52. The van der Waals surface area contributed by atoms with Crippen molar-refractivity contribution in [3.05, 3.63) is 10.8 Å². The number of rotatable bonds is 2. The Hall–Kier alpha value is -0.720. The summed E-state index contributed by atoms with van der Waals surface area (Å²) in [6.45, 7) is 0.484. The van der Waals surface area contributed by atoms with Gasteiger partial charge in [-0.2, -0.15) is 9.61 Å². The average molecular weight is 232 g/mol. The minimum atomic E-state index is 0. The first kappa shape index (κ1) is 9.82. The molecule has 2 heterocycles. The van der Waals surface area contributed by atoms with Crippen molar-refractivity contribution < 1.29 is 0 Å². The fourth-order valence-corrected chi connectivity index (χ4v) is 2.07. The molecule has 5 nitrogen and oxygen atoms in total. The van der Waals surface area contributed by atoms with Crippen LogP contribution in [0.4, 0.5) is 0 Å². The lowest BCUT2D eigenvalue weighted by atomic mass is 10.4. The molecule has 2 aromatic heterocycles. The molecule has 0 radical (unpaired) electrons. The van der Waals surface area contributed by atoms with Crippen LogP contribution in [0.15, 0.2) is 0 Å². The van der Waals surface area contributed by atoms with Crippen LogP contribution in [0.2, 0.25) is 0 Å². The molecule has 3 rings (SSSR count). The van der Waals surface area contributed by atoms with Crippen LogP contribution in [-0.4, -0.2) is 19.8 Å². The molecular formula is C7H10ClN5S. The molecule has 0 atom stereocenters. The zero-order valence-corrected chi connectivity index (χ0v) is 9.01. The van der Waals surface area contributed by atoms with Crippen LogP contribution in [0, 0.1) is 0 Å². The van der Waals surface area contributed by atoms with Crippen molar-refractivity contribution >= 4 is 28.7 Å². The third-order valence-corrected chi connectivity index (χ3v) is 3.10. The summed E-state index contributed by atoms with van der Waals surface area (Å²) in [5.41, 5.74) is 5.50. The zero-order chi connectivity index (χ0) is 8.84. The van der Waals surface area contributed by atoms with Gasteiger partial charge in [-0.1, -0.05) is 11.3 Å². The van der Waals surface area contributed by atoms with E-state index in [2.05, 4.69) is 15.3 Å². The topological polar surface area (TPSA) is 69.1 Å². The molecule has 76 valence electrons. The molecule has 2 aromatic rings. The van der Waals surface area contributed by atoms with Crippen LogP contribution in [0.25, 0.3) is 4.96 Å². The van der Waals surface area contributed by atoms with E-state index in [9.17, 15) is 0 Å². The number of hydrogen-bond donors (Lipinski definition) is 1. The van der Waals surface area contributed by atoms with Gasteiger partial charge in [-0.05, 0) is 12.8 Å². The van der Waals surface area contributed by atoms with Gasteiger partial charge in [0.05, 0.1) is 0 Å². The van der Waals surface area contributed by atoms with Gasteiger partial charge >= 0.3 is 0 Å². The fourth-order valence-electron chi connectivity index (χ4n) is 1.35. The minimum absolute atomic E-state index is 0. The normalized spacial score (nSPS) is 15.8. The van der Waals surface area contributed by atoms with Crippen LogP contribution in [0.5, 0.6) is 0 Å². The second-order valence-corrected chi connectivity index (χ2v) is 4.27. The molecule has 0 aromatic carbocycles. The summed E-state index contributed by atoms with van der Waals surface area (Å²) < 4.78 is 1.84. The van der Waals surface area contributed by atoms with Crippen LogP contribution >= 0.6 is 23.7 Å². The lowest BCUT2D eigenvalue weighted by molar-refractivity contribution is 0.802. The van der Waals surface area contributed by atoms with E-state index in [0.717, 1.165) is 15.8 Å². The van der Waals surface area contributed by atoms with Gasteiger partial charge in [0.2, 0.25) is 4.96 Å². The van der Waals surface area contributed by atoms with Crippen molar-refractivity contribution in [2.24, 2.45) is 5.73 Å². The Morgan fingerprint density at radius 2 is 2.21 bits per heavy atom. The average Bonchev–Trinajstić information content (AvgIpc) is 2.78. The van der Waals surface area contributed by atoms with E-state index in [1.807, 2.05) is 4.52 Å². The highest BCUT2D eigenvalue weighted by atomic mass is 35.5. The maximum atomic E-state index is 5.50. The van der Waals surface area contributed by atoms with Gasteiger partial charge < -0.3 is 5.73 Å². The molecule has 0 amide bonds. The summed E-state index contributed by atoms with van der Waals surface area (Å²) in [4.78, 5) is 0.863. The summed E-state index contributed by atoms with van der Waals surface area (Å²) in [6, 6.07) is 0. The number of halogens is 1. The highest BCUT2D eigenvalue weighted by Gasteiger charge is 2.29. The lowest BCUT2D eigenvalue weighted by Crippen LogP contribution is -1.98. The molecule has 1 aliphatic rings. The first-order valence-corrected chi connectivity index (χ1v) is 5.11. The predicted molar refractivity (Wildman–Crippen MR) is 55.8 cm³/mol. The van der Waals surface area contributed by atoms with Crippen LogP contribution in [0.1, 0.15) is 29.6 Å². The molecule has 0 unspecified atom stereocenters. The third kappa shape index (κ3) is 1.39. The molecule has 0 saturated heterocycles. The number of aromatic nitrogens is 4. The van der Waals surface area contributed by atoms with Gasteiger partial charge in [-0.15, -0.1) is 22.6 Å². The summed E-state index contributed by atoms with van der Waals surface area (Å²) in [5, 5.41) is 13.4. The molecule has 1 saturated carbocycles. The lowest BCUT2D eigenvalue weighted by Gasteiger charge is -1.88. The third-order valence-electron chi connectivity index (χ3n) is 2.17. The van der Waals surface area contributed by atoms with Crippen molar-refractivity contribution in [2.45, 2.75) is 25.3 Å². The fraction of sp³-hybridized carbons (Fsp3) is 0.571. The van der Waals surface area contributed by atoms with E-state index in [1.165, 1.54) is 24.2 Å². The minimum Gasteiger partial charge on any atom is -0.324 e. The van der Waals surface area contributed by atoms with E-state index >= 15 is 0 Å². The Morgan fingerprint density at radius 3 is 2.86 bits per heavy atom. The molecule has 0 bridgehead atoms. The Labute approximate surface area is 90.7 Å². The van der Waals surface area contributed by atoms with Crippen molar-refractivity contribution in [3.63, 3.8) is 0 Å². The molecule has 0 spiro atoms. The van der Waals surface area contributed by atoms with E-state index in [1.54, 1.807) is 0 Å². The number of nitrogens with zero attached hydrogens (tertiary/aromatic N) is 4. The van der Waals surface area contributed by atoms with Crippen molar-refractivity contribution in [2.75, 3.05) is 0 Å². The molecule has 2 N–H and O–H groups in total. The highest BCUT2D eigenvalue weighted by molar-refractivity contribution is 7.16. The van der Waals surface area contributed by atoms with Gasteiger partial charge in [0.1, 0.15) is 5.01 Å². The Bertz CT molecular complexity index is 446. The quantitative estimate of drug-likeness (QED) is 0.836. The number of fused-ring (bicyclic) bond motifs is 1. The first-order valence-electron chi connectivity index (χ1n) is 4.29. The SMILES string of the molecule is Cl.NCc1nn2c(C3CC3)nnc2s1. The first-order chi connectivity index (χ1) is 6.38. The Kier molecular flexibility index (Phi) is 2.42. The van der Waals surface area contributed by atoms with Crippen LogP contribution in [-0.2, 0) is 6.54 Å². The van der Waals surface area contributed by atoms with Gasteiger partial charge in [0, 0.05) is 12.5 Å². The summed E-state index contributed by atoms with van der Waals surface area (Å²) in [7, 11) is 0. The van der Waals surface area contributed by atoms with Crippen molar-refractivity contribution in [1.82, 2.24) is 19.8 Å². The zero-order valence-electron chi connectivity index (χ0n) is 7.38. The number of nitrogens with two attached hydrogens (primary N) is 1. The van der Waals surface area contributed by atoms with Crippen molar-refractivity contribution in [3.8, 4) is 0 Å². The van der Waals surface area contributed by atoms with Gasteiger partial charge in [-0.3, -0.25) is 0 Å². The van der Waals surface area contributed by atoms with E-state index in [4.69, 9.17) is 5.73 Å². The Balaban J connectivity index is 0.000000750. The maximum Gasteiger partial charge on any atom is 0.234 e. The predicted octanol–water partition coefficient (Wildman–Crippen LogP) is 0.944. The molecule has 0 aliphatic heterocycles. The highest BCUT2D eigenvalue weighted by Crippen LogP contribution is 2.39. The second-order valence-electron chi connectivity index (χ2n) is 3.23. The van der Waals surface area contributed by atoms with Gasteiger partial charge in [-0.25, -0.2) is 0 Å². The molecule has 7 heteroatoms. The summed E-state index contributed by atoms with van der Waals surface area (Å²) in [5.74, 6) is 1.59. The van der Waals surface area contributed by atoms with Gasteiger partial charge in [0.25, 0.3) is 0 Å². The second kappa shape index (κ2) is 3.45. The molecule has 1 fully saturated rings. The standard InChI is InChI=1S/C7H9N5S.ClH/c8-3-5-11-12-6(4-1-2-4)9-10-7(12)13-5;/h4H,1-3,8H2;1H. The van der Waals surface area contributed by atoms with Crippen molar-refractivity contribution in [1.29, 1.82) is 0 Å². The molecular weight excluding hydrogens is 222 g/mol. The van der Waals surface area contributed by atoms with E-state index < -0.39 is 0 Å². The van der Waals surface area contributed by atoms with E-state index in [-0.39, 0.29) is 12.4 Å². The summed E-state index contributed by atoms with van der Waals surface area (Å²) in [6.07, 6.45) is 2.44. The van der Waals surface area contributed by atoms with Gasteiger partial charge in [0.15, 0.2) is 5.82 Å². The van der Waals surface area contributed by atoms with E-state index in [0.29, 0.717) is 12.5 Å². The largest absolute Gasteiger partial charge is 0.324 e. The smallest absolute Gasteiger partial charge is 0.234 e. The molecule has 1 aliphatic carbocycles.